The molecule has 116 valence electrons. The van der Waals surface area contributed by atoms with E-state index in [9.17, 15) is 4.79 Å². The zero-order chi connectivity index (χ0) is 15.2. The first-order valence-corrected chi connectivity index (χ1v) is 8.34. The monoisotopic (exact) mass is 289 g/mol. The number of nitrogens with one attached hydrogen (secondary N) is 1. The maximum atomic E-state index is 12.3. The Morgan fingerprint density at radius 1 is 1.43 bits per heavy atom. The van der Waals surface area contributed by atoms with Crippen LogP contribution < -0.4 is 5.32 Å². The van der Waals surface area contributed by atoms with Crippen molar-refractivity contribution in [3.63, 3.8) is 0 Å². The molecule has 1 saturated heterocycles. The van der Waals surface area contributed by atoms with Crippen LogP contribution in [0.5, 0.6) is 0 Å². The average molecular weight is 289 g/mol. The molecule has 21 heavy (non-hydrogen) atoms. The lowest BCUT2D eigenvalue weighted by molar-refractivity contribution is -0.133. The van der Waals surface area contributed by atoms with Gasteiger partial charge in [-0.3, -0.25) is 14.5 Å². The van der Waals surface area contributed by atoms with E-state index in [0.717, 1.165) is 31.2 Å². The molecule has 3 saturated carbocycles. The zero-order valence-electron chi connectivity index (χ0n) is 13.4. The van der Waals surface area contributed by atoms with E-state index in [0.29, 0.717) is 23.9 Å². The van der Waals surface area contributed by atoms with E-state index in [2.05, 4.69) is 30.9 Å². The standard InChI is InChI=1S/C17H27N3O/c1-11-13-8-12(17(13,2)3)9-14(11)19-10-16(21)20-7-5-6-15(20)18-4/h11-15,19H,5-10H2,1-3H3/t11-,12-,13+,14-,15+/m1/s1. The Kier molecular flexibility index (Phi) is 3.73. The molecule has 2 bridgehead atoms. The average Bonchev–Trinajstić information content (AvgIpc) is 2.93. The second-order valence-electron chi connectivity index (χ2n) is 7.78. The Bertz CT molecular complexity index is 467. The van der Waals surface area contributed by atoms with Gasteiger partial charge in [0.05, 0.1) is 6.54 Å². The highest BCUT2D eigenvalue weighted by atomic mass is 16.2. The molecule has 4 heteroatoms. The van der Waals surface area contributed by atoms with Crippen molar-refractivity contribution in [3.05, 3.63) is 11.4 Å². The topological polar surface area (TPSA) is 36.7 Å². The van der Waals surface area contributed by atoms with Crippen molar-refractivity contribution < 1.29 is 4.79 Å². The van der Waals surface area contributed by atoms with Crippen LogP contribution in [-0.2, 0) is 4.79 Å². The molecule has 1 N–H and O–H groups in total. The van der Waals surface area contributed by atoms with E-state index in [1.807, 2.05) is 0 Å². The Hall–Kier alpha value is -1.08. The van der Waals surface area contributed by atoms with Gasteiger partial charge in [0.15, 0.2) is 0 Å². The molecule has 1 amide bonds. The molecule has 3 aliphatic carbocycles. The first kappa shape index (κ1) is 14.8. The van der Waals surface area contributed by atoms with Crippen molar-refractivity contribution in [2.45, 2.75) is 58.7 Å². The highest BCUT2D eigenvalue weighted by Crippen LogP contribution is 2.61. The van der Waals surface area contributed by atoms with Gasteiger partial charge in [0.1, 0.15) is 0 Å². The van der Waals surface area contributed by atoms with Crippen molar-refractivity contribution in [1.29, 1.82) is 0 Å². The Balaban J connectivity index is 1.52. The summed E-state index contributed by atoms with van der Waals surface area (Å²) in [6.07, 6.45) is 4.16. The van der Waals surface area contributed by atoms with Gasteiger partial charge in [-0.15, -0.1) is 0 Å². The van der Waals surface area contributed by atoms with Crippen molar-refractivity contribution >= 4 is 5.91 Å². The van der Waals surface area contributed by atoms with Gasteiger partial charge in [-0.25, -0.2) is 6.57 Å². The van der Waals surface area contributed by atoms with E-state index < -0.39 is 0 Å². The summed E-state index contributed by atoms with van der Waals surface area (Å²) >= 11 is 0. The predicted molar refractivity (Wildman–Crippen MR) is 82.3 cm³/mol. The van der Waals surface area contributed by atoms with Crippen LogP contribution in [0.2, 0.25) is 0 Å². The smallest absolute Gasteiger partial charge is 0.300 e. The minimum Gasteiger partial charge on any atom is -0.305 e. The molecule has 1 heterocycles. The van der Waals surface area contributed by atoms with Gasteiger partial charge in [0.25, 0.3) is 0 Å². The van der Waals surface area contributed by atoms with E-state index in [4.69, 9.17) is 6.57 Å². The maximum Gasteiger partial charge on any atom is 0.300 e. The fraction of sp³-hybridized carbons (Fsp3) is 0.882. The fourth-order valence-electron chi connectivity index (χ4n) is 4.91. The van der Waals surface area contributed by atoms with Gasteiger partial charge < -0.3 is 5.32 Å². The third kappa shape index (κ3) is 2.36. The number of amides is 1. The number of rotatable bonds is 3. The van der Waals surface area contributed by atoms with Crippen LogP contribution >= 0.6 is 0 Å². The molecule has 0 radical (unpaired) electrons. The number of likely N-dealkylation sites (tertiary alicyclic amines) is 1. The predicted octanol–water partition coefficient (Wildman–Crippen LogP) is 2.51. The SMILES string of the molecule is [C-]#[N+][C@@H]1CCCN1C(=O)CN[C@@H]1C[C@H]2C[C@@H]([C@H]1C)C2(C)C. The zero-order valence-corrected chi connectivity index (χ0v) is 13.4. The summed E-state index contributed by atoms with van der Waals surface area (Å²) in [6.45, 7) is 15.5. The van der Waals surface area contributed by atoms with Gasteiger partial charge in [-0.2, -0.15) is 0 Å². The summed E-state index contributed by atoms with van der Waals surface area (Å²) in [7, 11) is 0. The van der Waals surface area contributed by atoms with Crippen LogP contribution in [0.1, 0.15) is 46.5 Å². The van der Waals surface area contributed by atoms with Crippen LogP contribution in [-0.4, -0.2) is 36.1 Å². The van der Waals surface area contributed by atoms with Crippen LogP contribution in [0, 0.1) is 29.7 Å². The first-order chi connectivity index (χ1) is 9.95. The van der Waals surface area contributed by atoms with Gasteiger partial charge >= 0.3 is 6.17 Å². The molecular weight excluding hydrogens is 262 g/mol. The quantitative estimate of drug-likeness (QED) is 0.811. The lowest BCUT2D eigenvalue weighted by Gasteiger charge is -2.62. The molecule has 0 aromatic carbocycles. The molecule has 0 unspecified atom stereocenters. The molecule has 4 nitrogen and oxygen atoms in total. The molecule has 4 rings (SSSR count). The number of fused-ring (bicyclic) bond motifs is 2. The minimum atomic E-state index is -0.213. The van der Waals surface area contributed by atoms with Crippen LogP contribution in [0.15, 0.2) is 0 Å². The van der Waals surface area contributed by atoms with Crippen LogP contribution in [0.25, 0.3) is 4.85 Å². The molecule has 5 atom stereocenters. The van der Waals surface area contributed by atoms with Gasteiger partial charge in [0.2, 0.25) is 5.91 Å². The second kappa shape index (κ2) is 5.28. The van der Waals surface area contributed by atoms with Crippen molar-refractivity contribution in [1.82, 2.24) is 10.2 Å². The number of carbonyl (C=O) groups is 1. The van der Waals surface area contributed by atoms with Crippen molar-refractivity contribution in [3.8, 4) is 0 Å². The maximum absolute atomic E-state index is 12.3. The summed E-state index contributed by atoms with van der Waals surface area (Å²) in [6, 6.07) is 0.472. The summed E-state index contributed by atoms with van der Waals surface area (Å²) in [5.41, 5.74) is 0.492. The van der Waals surface area contributed by atoms with Crippen LogP contribution in [0.3, 0.4) is 0 Å². The molecule has 0 spiro atoms. The molecule has 1 aliphatic heterocycles. The highest BCUT2D eigenvalue weighted by molar-refractivity contribution is 5.79. The Labute approximate surface area is 128 Å². The Morgan fingerprint density at radius 3 is 2.81 bits per heavy atom. The lowest BCUT2D eigenvalue weighted by atomic mass is 9.45. The number of hydrogen-bond acceptors (Lipinski definition) is 2. The minimum absolute atomic E-state index is 0.110. The third-order valence-corrected chi connectivity index (χ3v) is 6.56. The number of nitrogens with zero attached hydrogens (tertiary/aromatic N) is 2. The van der Waals surface area contributed by atoms with Gasteiger partial charge in [-0.1, -0.05) is 20.8 Å². The van der Waals surface area contributed by atoms with Crippen molar-refractivity contribution in [2.24, 2.45) is 23.2 Å². The van der Waals surface area contributed by atoms with E-state index >= 15 is 0 Å². The lowest BCUT2D eigenvalue weighted by Crippen LogP contribution is -2.60. The first-order valence-electron chi connectivity index (χ1n) is 8.34. The second-order valence-corrected chi connectivity index (χ2v) is 7.78. The van der Waals surface area contributed by atoms with Gasteiger partial charge in [0, 0.05) is 19.0 Å². The number of hydrogen-bond donors (Lipinski definition) is 1. The fourth-order valence-corrected chi connectivity index (χ4v) is 4.91. The molecule has 0 aromatic heterocycles. The Morgan fingerprint density at radius 2 is 2.19 bits per heavy atom. The molecule has 0 aromatic rings. The summed E-state index contributed by atoms with van der Waals surface area (Å²) < 4.78 is 0. The van der Waals surface area contributed by atoms with E-state index in [1.54, 1.807) is 4.90 Å². The normalized spacial score (nSPS) is 40.5. The molecular formula is C17H27N3O. The van der Waals surface area contributed by atoms with Gasteiger partial charge in [-0.05, 0) is 42.4 Å². The summed E-state index contributed by atoms with van der Waals surface area (Å²) in [5.74, 6) is 2.37. The molecule has 4 fully saturated rings. The van der Waals surface area contributed by atoms with Crippen LogP contribution in [0.4, 0.5) is 0 Å². The summed E-state index contributed by atoms with van der Waals surface area (Å²) in [4.78, 5) is 17.6. The highest BCUT2D eigenvalue weighted by Gasteiger charge is 2.56. The van der Waals surface area contributed by atoms with E-state index in [1.165, 1.54) is 12.8 Å². The van der Waals surface area contributed by atoms with E-state index in [-0.39, 0.29) is 12.1 Å². The number of carbonyl (C=O) groups excluding carboxylic acids is 1. The molecule has 4 aliphatic rings. The summed E-state index contributed by atoms with van der Waals surface area (Å²) in [5, 5.41) is 3.50. The largest absolute Gasteiger partial charge is 0.305 e. The van der Waals surface area contributed by atoms with Crippen molar-refractivity contribution in [2.75, 3.05) is 13.1 Å². The third-order valence-electron chi connectivity index (χ3n) is 6.56.